The second-order valence-electron chi connectivity index (χ2n) is 6.71. The molecule has 25 heavy (non-hydrogen) atoms. The van der Waals surface area contributed by atoms with Gasteiger partial charge in [-0.2, -0.15) is 0 Å². The molecule has 5 heteroatoms. The molecule has 0 amide bonds. The second kappa shape index (κ2) is 14.8. The Balaban J connectivity index is 4.27. The maximum absolute atomic E-state index is 11.9. The number of aliphatic hydroxyl groups is 1. The number of aldehydes is 1. The minimum atomic E-state index is -1.36. The van der Waals surface area contributed by atoms with E-state index in [9.17, 15) is 19.5 Å². The second-order valence-corrected chi connectivity index (χ2v) is 6.71. The van der Waals surface area contributed by atoms with Crippen LogP contribution in [0.3, 0.4) is 0 Å². The van der Waals surface area contributed by atoms with Crippen LogP contribution < -0.4 is 0 Å². The van der Waals surface area contributed by atoms with Crippen molar-refractivity contribution in [2.45, 2.75) is 84.2 Å². The highest BCUT2D eigenvalue weighted by Crippen LogP contribution is 2.23. The number of carbonyl (C=O) groups is 3. The molecule has 0 aliphatic carbocycles. The van der Waals surface area contributed by atoms with Gasteiger partial charge in [-0.05, 0) is 32.6 Å². The minimum Gasteiger partial charge on any atom is -0.479 e. The van der Waals surface area contributed by atoms with Crippen LogP contribution in [0.1, 0.15) is 78.1 Å². The van der Waals surface area contributed by atoms with E-state index in [-0.39, 0.29) is 24.0 Å². The van der Waals surface area contributed by atoms with Crippen LogP contribution in [-0.4, -0.2) is 34.4 Å². The zero-order valence-corrected chi connectivity index (χ0v) is 15.7. The first-order valence-electron chi connectivity index (χ1n) is 9.45. The van der Waals surface area contributed by atoms with E-state index in [0.29, 0.717) is 12.8 Å². The monoisotopic (exact) mass is 354 g/mol. The lowest BCUT2D eigenvalue weighted by Gasteiger charge is -2.19. The van der Waals surface area contributed by atoms with Gasteiger partial charge in [0.05, 0.1) is 0 Å². The third-order valence-electron chi connectivity index (χ3n) is 4.55. The molecular formula is C20H34O5. The third kappa shape index (κ3) is 11.6. The first-order valence-corrected chi connectivity index (χ1v) is 9.45. The smallest absolute Gasteiger partial charge is 0.332 e. The number of carboxylic acid groups (broad SMARTS) is 1. The highest BCUT2D eigenvalue weighted by molar-refractivity contribution is 5.81. The molecule has 0 aromatic rings. The van der Waals surface area contributed by atoms with Crippen LogP contribution in [0.4, 0.5) is 0 Å². The van der Waals surface area contributed by atoms with E-state index in [2.05, 4.69) is 6.92 Å². The fourth-order valence-corrected chi connectivity index (χ4v) is 2.90. The van der Waals surface area contributed by atoms with Crippen LogP contribution in [0.25, 0.3) is 0 Å². The molecule has 0 fully saturated rings. The number of aliphatic carboxylic acids is 1. The predicted octanol–water partition coefficient (Wildman–Crippen LogP) is 3.93. The molecule has 0 aliphatic heterocycles. The van der Waals surface area contributed by atoms with Gasteiger partial charge in [-0.3, -0.25) is 4.79 Å². The number of carbonyl (C=O) groups excluding carboxylic acids is 2. The van der Waals surface area contributed by atoms with Crippen LogP contribution in [0.15, 0.2) is 12.2 Å². The molecule has 0 unspecified atom stereocenters. The molecule has 2 N–H and O–H groups in total. The van der Waals surface area contributed by atoms with Gasteiger partial charge < -0.3 is 15.0 Å². The van der Waals surface area contributed by atoms with Crippen molar-refractivity contribution in [2.75, 3.05) is 0 Å². The summed E-state index contributed by atoms with van der Waals surface area (Å²) in [4.78, 5) is 33.8. The summed E-state index contributed by atoms with van der Waals surface area (Å²) in [5.74, 6) is -1.78. The number of aliphatic hydroxyl groups excluding tert-OH is 1. The number of allylic oxidation sites excluding steroid dienone is 2. The summed E-state index contributed by atoms with van der Waals surface area (Å²) in [5.41, 5.74) is 0. The molecule has 144 valence electrons. The van der Waals surface area contributed by atoms with Crippen molar-refractivity contribution in [3.63, 3.8) is 0 Å². The van der Waals surface area contributed by atoms with E-state index in [1.807, 2.05) is 6.08 Å². The maximum Gasteiger partial charge on any atom is 0.332 e. The van der Waals surface area contributed by atoms with Crippen LogP contribution in [0, 0.1) is 11.8 Å². The zero-order chi connectivity index (χ0) is 19.1. The number of rotatable bonds is 16. The summed E-state index contributed by atoms with van der Waals surface area (Å²) in [6, 6.07) is 0. The topological polar surface area (TPSA) is 91.7 Å². The van der Waals surface area contributed by atoms with Gasteiger partial charge in [0, 0.05) is 11.8 Å². The van der Waals surface area contributed by atoms with Crippen molar-refractivity contribution in [1.29, 1.82) is 0 Å². The molecule has 0 aromatic carbocycles. The van der Waals surface area contributed by atoms with Crippen LogP contribution in [-0.2, 0) is 14.4 Å². The lowest BCUT2D eigenvalue weighted by Crippen LogP contribution is -2.22. The lowest BCUT2D eigenvalue weighted by molar-refractivity contribution is -0.146. The molecular weight excluding hydrogens is 320 g/mol. The summed E-state index contributed by atoms with van der Waals surface area (Å²) in [6.45, 7) is 3.69. The number of unbranched alkanes of at least 4 members (excludes halogenated alkanes) is 5. The highest BCUT2D eigenvalue weighted by atomic mass is 16.4. The Morgan fingerprint density at radius 2 is 1.64 bits per heavy atom. The van der Waals surface area contributed by atoms with Crippen molar-refractivity contribution in [3.05, 3.63) is 12.2 Å². The fourth-order valence-electron chi connectivity index (χ4n) is 2.90. The maximum atomic E-state index is 11.9. The third-order valence-corrected chi connectivity index (χ3v) is 4.55. The average molecular weight is 354 g/mol. The molecule has 0 saturated carbocycles. The van der Waals surface area contributed by atoms with Gasteiger partial charge in [0.1, 0.15) is 12.1 Å². The standard InChI is InChI=1S/C20H34O5/c1-3-4-5-6-7-9-12-17(15-21)18(16(2)22)13-10-8-11-14-19(23)20(24)25/h8,10,15,17-19,23H,3-7,9,11-14H2,1-2H3,(H,24,25)/t17-,18-,19-/m0/s1. The van der Waals surface area contributed by atoms with Crippen molar-refractivity contribution < 1.29 is 24.6 Å². The average Bonchev–Trinajstić information content (AvgIpc) is 2.57. The van der Waals surface area contributed by atoms with E-state index in [4.69, 9.17) is 5.11 Å². The quantitative estimate of drug-likeness (QED) is 0.249. The van der Waals surface area contributed by atoms with Gasteiger partial charge in [-0.15, -0.1) is 0 Å². The van der Waals surface area contributed by atoms with E-state index >= 15 is 0 Å². The minimum absolute atomic E-state index is 0.0123. The van der Waals surface area contributed by atoms with Crippen molar-refractivity contribution in [3.8, 4) is 0 Å². The van der Waals surface area contributed by atoms with Gasteiger partial charge in [0.2, 0.25) is 0 Å². The number of hydrogen-bond donors (Lipinski definition) is 2. The largest absolute Gasteiger partial charge is 0.479 e. The molecule has 0 rings (SSSR count). The summed E-state index contributed by atoms with van der Waals surface area (Å²) < 4.78 is 0. The van der Waals surface area contributed by atoms with E-state index < -0.39 is 12.1 Å². The molecule has 3 atom stereocenters. The Morgan fingerprint density at radius 3 is 2.20 bits per heavy atom. The van der Waals surface area contributed by atoms with Gasteiger partial charge in [0.25, 0.3) is 0 Å². The van der Waals surface area contributed by atoms with E-state index in [0.717, 1.165) is 25.5 Å². The Labute approximate surface area is 151 Å². The van der Waals surface area contributed by atoms with Crippen LogP contribution in [0.2, 0.25) is 0 Å². The lowest BCUT2D eigenvalue weighted by atomic mass is 9.83. The molecule has 0 aliphatic rings. The Bertz CT molecular complexity index is 416. The Kier molecular flexibility index (Phi) is 13.9. The first-order chi connectivity index (χ1) is 11.9. The Hall–Kier alpha value is -1.49. The zero-order valence-electron chi connectivity index (χ0n) is 15.7. The fraction of sp³-hybridized carbons (Fsp3) is 0.750. The Morgan fingerprint density at radius 1 is 1.00 bits per heavy atom. The summed E-state index contributed by atoms with van der Waals surface area (Å²) in [7, 11) is 0. The number of Topliss-reactive ketones (excluding diaryl/α,β-unsaturated/α-hetero) is 1. The van der Waals surface area contributed by atoms with Gasteiger partial charge in [0.15, 0.2) is 6.10 Å². The summed E-state index contributed by atoms with van der Waals surface area (Å²) >= 11 is 0. The molecule has 0 bridgehead atoms. The summed E-state index contributed by atoms with van der Waals surface area (Å²) in [6.07, 6.45) is 11.9. The van der Waals surface area contributed by atoms with Gasteiger partial charge in [-0.1, -0.05) is 57.6 Å². The van der Waals surface area contributed by atoms with Crippen molar-refractivity contribution in [2.24, 2.45) is 11.8 Å². The highest BCUT2D eigenvalue weighted by Gasteiger charge is 2.23. The van der Waals surface area contributed by atoms with Crippen LogP contribution >= 0.6 is 0 Å². The van der Waals surface area contributed by atoms with Gasteiger partial charge in [-0.25, -0.2) is 4.79 Å². The number of ketones is 1. The number of carboxylic acids is 1. The molecule has 0 aromatic heterocycles. The predicted molar refractivity (Wildman–Crippen MR) is 98.4 cm³/mol. The normalized spacial score (nSPS) is 15.0. The molecule has 0 spiro atoms. The SMILES string of the molecule is CCCCCCCC[C@@H](C=O)[C@@H](CC=CCC[C@H](O)C(=O)O)C(C)=O. The molecule has 0 saturated heterocycles. The first kappa shape index (κ1) is 23.5. The van der Waals surface area contributed by atoms with E-state index in [1.165, 1.54) is 32.6 Å². The molecule has 0 heterocycles. The van der Waals surface area contributed by atoms with Crippen molar-refractivity contribution >= 4 is 18.0 Å². The molecule has 0 radical (unpaired) electrons. The van der Waals surface area contributed by atoms with E-state index in [1.54, 1.807) is 6.08 Å². The molecule has 5 nitrogen and oxygen atoms in total. The summed E-state index contributed by atoms with van der Waals surface area (Å²) in [5, 5.41) is 17.8. The van der Waals surface area contributed by atoms with Crippen LogP contribution in [0.5, 0.6) is 0 Å². The van der Waals surface area contributed by atoms with Crippen molar-refractivity contribution in [1.82, 2.24) is 0 Å². The van der Waals surface area contributed by atoms with Gasteiger partial charge >= 0.3 is 5.97 Å². The number of hydrogen-bond acceptors (Lipinski definition) is 4.